The van der Waals surface area contributed by atoms with Crippen LogP contribution < -0.4 is 10.1 Å². The molecule has 7 nitrogen and oxygen atoms in total. The molecule has 0 saturated carbocycles. The van der Waals surface area contributed by atoms with Crippen molar-refractivity contribution in [1.29, 1.82) is 0 Å². The number of ether oxygens (including phenoxy) is 2. The van der Waals surface area contributed by atoms with Crippen LogP contribution >= 0.6 is 0 Å². The van der Waals surface area contributed by atoms with Gasteiger partial charge in [0.2, 0.25) is 5.88 Å². The summed E-state index contributed by atoms with van der Waals surface area (Å²) in [5.74, 6) is -2.31. The number of carboxylic acids is 1. The number of hydrogen-bond acceptors (Lipinski definition) is 5. The fourth-order valence-electron chi connectivity index (χ4n) is 2.70. The molecule has 0 radical (unpaired) electrons. The molecule has 1 aliphatic rings. The second-order valence-corrected chi connectivity index (χ2v) is 6.11. The molecule has 0 unspecified atom stereocenters. The Kier molecular flexibility index (Phi) is 5.97. The van der Waals surface area contributed by atoms with E-state index < -0.39 is 17.7 Å². The van der Waals surface area contributed by atoms with Gasteiger partial charge in [-0.1, -0.05) is 0 Å². The third-order valence-electron chi connectivity index (χ3n) is 4.17. The van der Waals surface area contributed by atoms with E-state index in [-0.39, 0.29) is 23.8 Å². The number of carbonyl (C=O) groups excluding carboxylic acids is 1. The Hall–Kier alpha value is -3.00. The summed E-state index contributed by atoms with van der Waals surface area (Å²) in [6, 6.07) is 6.61. The van der Waals surface area contributed by atoms with Crippen molar-refractivity contribution < 1.29 is 28.6 Å². The first-order valence-corrected chi connectivity index (χ1v) is 8.53. The summed E-state index contributed by atoms with van der Waals surface area (Å²) in [7, 11) is 0. The highest BCUT2D eigenvalue weighted by molar-refractivity contribution is 5.96. The van der Waals surface area contributed by atoms with Crippen LogP contribution in [0.1, 0.15) is 39.1 Å². The molecule has 1 saturated heterocycles. The Labute approximate surface area is 155 Å². The molecule has 2 aromatic rings. The number of carboxylic acid groups (broad SMARTS) is 1. The normalized spacial score (nSPS) is 14.6. The lowest BCUT2D eigenvalue weighted by molar-refractivity contribution is 0.0237. The molecular weight excluding hydrogens is 355 g/mol. The maximum atomic E-state index is 13.9. The first-order valence-electron chi connectivity index (χ1n) is 8.53. The first kappa shape index (κ1) is 18.8. The molecular formula is C19H19FN2O5. The molecule has 0 aliphatic carbocycles. The van der Waals surface area contributed by atoms with Crippen LogP contribution in [0.25, 0.3) is 0 Å². The van der Waals surface area contributed by atoms with Gasteiger partial charge in [0.15, 0.2) is 0 Å². The van der Waals surface area contributed by atoms with Crippen molar-refractivity contribution in [2.75, 3.05) is 13.2 Å². The van der Waals surface area contributed by atoms with Crippen molar-refractivity contribution in [2.24, 2.45) is 0 Å². The summed E-state index contributed by atoms with van der Waals surface area (Å²) in [4.78, 5) is 27.2. The lowest BCUT2D eigenvalue weighted by Gasteiger charge is -2.22. The molecule has 1 aromatic heterocycles. The highest BCUT2D eigenvalue weighted by atomic mass is 19.1. The fraction of sp³-hybridized carbons (Fsp3) is 0.316. The van der Waals surface area contributed by atoms with Crippen molar-refractivity contribution >= 4 is 11.9 Å². The number of aromatic nitrogens is 1. The summed E-state index contributed by atoms with van der Waals surface area (Å²) in [5.41, 5.74) is 0.323. The van der Waals surface area contributed by atoms with Gasteiger partial charge in [0.05, 0.1) is 24.3 Å². The summed E-state index contributed by atoms with van der Waals surface area (Å²) < 4.78 is 25.1. The monoisotopic (exact) mass is 374 g/mol. The molecule has 8 heteroatoms. The molecule has 0 bridgehead atoms. The van der Waals surface area contributed by atoms with E-state index in [1.165, 1.54) is 6.07 Å². The standard InChI is InChI=1S/C19H19FN2O5/c20-16-10-13(19(24)25)1-2-15(16)18(23)22-11-12-3-6-21-17(9-12)27-14-4-7-26-8-5-14/h1-3,6,9-10,14H,4-5,7-8,11H2,(H,22,23)(H,24,25). The molecule has 1 amide bonds. The zero-order valence-corrected chi connectivity index (χ0v) is 14.5. The predicted molar refractivity (Wildman–Crippen MR) is 93.2 cm³/mol. The van der Waals surface area contributed by atoms with E-state index in [2.05, 4.69) is 10.3 Å². The van der Waals surface area contributed by atoms with Gasteiger partial charge in [-0.2, -0.15) is 0 Å². The van der Waals surface area contributed by atoms with E-state index in [1.54, 1.807) is 18.3 Å². The highest BCUT2D eigenvalue weighted by Crippen LogP contribution is 2.17. The molecule has 1 aromatic carbocycles. The quantitative estimate of drug-likeness (QED) is 0.806. The minimum Gasteiger partial charge on any atom is -0.478 e. The highest BCUT2D eigenvalue weighted by Gasteiger charge is 2.17. The van der Waals surface area contributed by atoms with Gasteiger partial charge < -0.3 is 19.9 Å². The van der Waals surface area contributed by atoms with Gasteiger partial charge in [-0.25, -0.2) is 14.2 Å². The zero-order valence-electron chi connectivity index (χ0n) is 14.5. The van der Waals surface area contributed by atoms with Crippen LogP contribution in [0.4, 0.5) is 4.39 Å². The van der Waals surface area contributed by atoms with Gasteiger partial charge >= 0.3 is 5.97 Å². The number of rotatable bonds is 6. The van der Waals surface area contributed by atoms with Gasteiger partial charge in [-0.15, -0.1) is 0 Å². The second kappa shape index (κ2) is 8.59. The number of nitrogens with zero attached hydrogens (tertiary/aromatic N) is 1. The maximum absolute atomic E-state index is 13.9. The molecule has 0 spiro atoms. The predicted octanol–water partition coefficient (Wildman–Crippen LogP) is 2.41. The minimum absolute atomic E-state index is 0.0536. The average molecular weight is 374 g/mol. The Morgan fingerprint density at radius 3 is 2.74 bits per heavy atom. The van der Waals surface area contributed by atoms with Crippen molar-refractivity contribution in [3.63, 3.8) is 0 Å². The number of nitrogens with one attached hydrogen (secondary N) is 1. The number of benzene rings is 1. The number of halogens is 1. The third kappa shape index (κ3) is 5.01. The molecule has 3 rings (SSSR count). The molecule has 27 heavy (non-hydrogen) atoms. The van der Waals surface area contributed by atoms with E-state index in [1.807, 2.05) is 0 Å². The van der Waals surface area contributed by atoms with Crippen LogP contribution in [-0.2, 0) is 11.3 Å². The van der Waals surface area contributed by atoms with Crippen LogP contribution in [0.2, 0.25) is 0 Å². The zero-order chi connectivity index (χ0) is 19.2. The van der Waals surface area contributed by atoms with E-state index in [0.29, 0.717) is 19.1 Å². The Bertz CT molecular complexity index is 837. The summed E-state index contributed by atoms with van der Waals surface area (Å²) in [6.45, 7) is 1.48. The van der Waals surface area contributed by atoms with Gasteiger partial charge in [-0.05, 0) is 29.8 Å². The summed E-state index contributed by atoms with van der Waals surface area (Å²) >= 11 is 0. The van der Waals surface area contributed by atoms with Crippen LogP contribution in [-0.4, -0.2) is 41.3 Å². The largest absolute Gasteiger partial charge is 0.478 e. The molecule has 2 heterocycles. The summed E-state index contributed by atoms with van der Waals surface area (Å²) in [5, 5.41) is 11.4. The van der Waals surface area contributed by atoms with Gasteiger partial charge in [0, 0.05) is 31.6 Å². The van der Waals surface area contributed by atoms with Gasteiger partial charge in [-0.3, -0.25) is 4.79 Å². The van der Waals surface area contributed by atoms with Crippen molar-refractivity contribution in [3.8, 4) is 5.88 Å². The van der Waals surface area contributed by atoms with Crippen LogP contribution in [0, 0.1) is 5.82 Å². The third-order valence-corrected chi connectivity index (χ3v) is 4.17. The van der Waals surface area contributed by atoms with Gasteiger partial charge in [0.25, 0.3) is 5.91 Å². The number of amides is 1. The lowest BCUT2D eigenvalue weighted by atomic mass is 10.1. The first-order chi connectivity index (χ1) is 13.0. The fourth-order valence-corrected chi connectivity index (χ4v) is 2.70. The van der Waals surface area contributed by atoms with Crippen LogP contribution in [0.15, 0.2) is 36.5 Å². The Morgan fingerprint density at radius 1 is 1.26 bits per heavy atom. The lowest BCUT2D eigenvalue weighted by Crippen LogP contribution is -2.26. The molecule has 2 N–H and O–H groups in total. The molecule has 142 valence electrons. The van der Waals surface area contributed by atoms with Crippen molar-refractivity contribution in [3.05, 3.63) is 59.0 Å². The van der Waals surface area contributed by atoms with E-state index in [4.69, 9.17) is 14.6 Å². The second-order valence-electron chi connectivity index (χ2n) is 6.11. The van der Waals surface area contributed by atoms with Crippen molar-refractivity contribution in [2.45, 2.75) is 25.5 Å². The van der Waals surface area contributed by atoms with Gasteiger partial charge in [0.1, 0.15) is 11.9 Å². The Balaban J connectivity index is 1.60. The summed E-state index contributed by atoms with van der Waals surface area (Å²) in [6.07, 6.45) is 3.24. The van der Waals surface area contributed by atoms with E-state index in [0.717, 1.165) is 30.5 Å². The SMILES string of the molecule is O=C(O)c1ccc(C(=O)NCc2ccnc(OC3CCOCC3)c2)c(F)c1. The minimum atomic E-state index is -1.25. The van der Waals surface area contributed by atoms with E-state index in [9.17, 15) is 14.0 Å². The number of hydrogen-bond donors (Lipinski definition) is 2. The van der Waals surface area contributed by atoms with Crippen LogP contribution in [0.5, 0.6) is 5.88 Å². The smallest absolute Gasteiger partial charge is 0.335 e. The topological polar surface area (TPSA) is 97.8 Å². The number of carbonyl (C=O) groups is 2. The van der Waals surface area contributed by atoms with Crippen LogP contribution in [0.3, 0.4) is 0 Å². The molecule has 0 atom stereocenters. The Morgan fingerprint density at radius 2 is 2.04 bits per heavy atom. The number of aromatic carboxylic acids is 1. The maximum Gasteiger partial charge on any atom is 0.335 e. The van der Waals surface area contributed by atoms with E-state index >= 15 is 0 Å². The molecule has 1 fully saturated rings. The number of pyridine rings is 1. The van der Waals surface area contributed by atoms with Crippen molar-refractivity contribution in [1.82, 2.24) is 10.3 Å². The molecule has 1 aliphatic heterocycles. The average Bonchev–Trinajstić information content (AvgIpc) is 2.67.